The molecule has 0 amide bonds. The molecule has 5 heteroatoms. The lowest BCUT2D eigenvalue weighted by atomic mass is 9.97. The maximum atomic E-state index is 9.78. The smallest absolute Gasteiger partial charge is 0.231 e. The molecule has 24 heavy (non-hydrogen) atoms. The van der Waals surface area contributed by atoms with Crippen LogP contribution in [0.2, 0.25) is 0 Å². The molecule has 1 aliphatic carbocycles. The van der Waals surface area contributed by atoms with Gasteiger partial charge in [-0.05, 0) is 62.8 Å². The molecule has 1 N–H and O–H groups in total. The number of aromatic nitrogens is 2. The topological polar surface area (TPSA) is 55.2 Å². The fraction of sp³-hybridized carbons (Fsp3) is 0.368. The third kappa shape index (κ3) is 2.78. The van der Waals surface area contributed by atoms with Gasteiger partial charge >= 0.3 is 0 Å². The van der Waals surface area contributed by atoms with E-state index in [2.05, 4.69) is 9.97 Å². The highest BCUT2D eigenvalue weighted by molar-refractivity contribution is 7.18. The van der Waals surface area contributed by atoms with Gasteiger partial charge in [0.05, 0.1) is 11.5 Å². The molecule has 4 rings (SSSR count). The van der Waals surface area contributed by atoms with E-state index in [9.17, 15) is 5.11 Å². The molecule has 0 bridgehead atoms. The van der Waals surface area contributed by atoms with Crippen LogP contribution in [0.4, 0.5) is 0 Å². The highest BCUT2D eigenvalue weighted by Crippen LogP contribution is 2.40. The molecule has 0 saturated carbocycles. The monoisotopic (exact) mass is 340 g/mol. The Kier molecular flexibility index (Phi) is 3.98. The lowest BCUT2D eigenvalue weighted by Gasteiger charge is -2.13. The zero-order valence-electron chi connectivity index (χ0n) is 13.9. The predicted molar refractivity (Wildman–Crippen MR) is 95.9 cm³/mol. The first-order chi connectivity index (χ1) is 11.6. The van der Waals surface area contributed by atoms with Gasteiger partial charge in [-0.3, -0.25) is 0 Å². The second-order valence-electron chi connectivity index (χ2n) is 6.32. The Morgan fingerprint density at radius 3 is 2.88 bits per heavy atom. The second kappa shape index (κ2) is 6.15. The fourth-order valence-corrected chi connectivity index (χ4v) is 4.55. The van der Waals surface area contributed by atoms with E-state index in [1.54, 1.807) is 18.3 Å². The fourth-order valence-electron chi connectivity index (χ4n) is 3.25. The third-order valence-corrected chi connectivity index (χ3v) is 5.63. The van der Waals surface area contributed by atoms with Crippen molar-refractivity contribution in [1.82, 2.24) is 9.97 Å². The maximum Gasteiger partial charge on any atom is 0.231 e. The minimum Gasteiger partial charge on any atom is -0.438 e. The molecule has 4 nitrogen and oxygen atoms in total. The molecule has 2 aromatic heterocycles. The van der Waals surface area contributed by atoms with Crippen molar-refractivity contribution in [2.75, 3.05) is 0 Å². The molecule has 0 saturated heterocycles. The Balaban J connectivity index is 1.81. The quantitative estimate of drug-likeness (QED) is 0.749. The van der Waals surface area contributed by atoms with Gasteiger partial charge in [0.25, 0.3) is 0 Å². The number of ether oxygens (including phenoxy) is 1. The summed E-state index contributed by atoms with van der Waals surface area (Å²) in [6, 6.07) is 7.55. The average Bonchev–Trinajstić information content (AvgIpc) is 2.93. The number of aryl methyl sites for hydroxylation is 3. The van der Waals surface area contributed by atoms with Crippen LogP contribution in [0.25, 0.3) is 10.2 Å². The Morgan fingerprint density at radius 2 is 2.04 bits per heavy atom. The van der Waals surface area contributed by atoms with Gasteiger partial charge in [-0.25, -0.2) is 4.98 Å². The van der Waals surface area contributed by atoms with Crippen LogP contribution in [-0.4, -0.2) is 15.1 Å². The van der Waals surface area contributed by atoms with E-state index in [0.717, 1.165) is 34.4 Å². The minimum atomic E-state index is -0.519. The van der Waals surface area contributed by atoms with Gasteiger partial charge in [0.15, 0.2) is 0 Å². The third-order valence-electron chi connectivity index (χ3n) is 4.45. The van der Waals surface area contributed by atoms with Crippen LogP contribution in [-0.2, 0) is 12.8 Å². The van der Waals surface area contributed by atoms with E-state index >= 15 is 0 Å². The molecule has 1 aliphatic rings. The summed E-state index contributed by atoms with van der Waals surface area (Å²) in [5.41, 5.74) is 2.20. The van der Waals surface area contributed by atoms with Crippen molar-refractivity contribution < 1.29 is 9.84 Å². The Labute approximate surface area is 145 Å². The van der Waals surface area contributed by atoms with Gasteiger partial charge in [-0.1, -0.05) is 12.1 Å². The van der Waals surface area contributed by atoms with Gasteiger partial charge in [0.1, 0.15) is 16.4 Å². The molecule has 124 valence electrons. The van der Waals surface area contributed by atoms with Crippen molar-refractivity contribution in [3.05, 3.63) is 46.1 Å². The summed E-state index contributed by atoms with van der Waals surface area (Å²) in [4.78, 5) is 11.6. The van der Waals surface area contributed by atoms with E-state index < -0.39 is 6.10 Å². The summed E-state index contributed by atoms with van der Waals surface area (Å²) < 4.78 is 6.13. The maximum absolute atomic E-state index is 9.78. The van der Waals surface area contributed by atoms with E-state index in [0.29, 0.717) is 11.6 Å². The van der Waals surface area contributed by atoms with Gasteiger partial charge < -0.3 is 9.84 Å². The number of rotatable bonds is 3. The second-order valence-corrected chi connectivity index (χ2v) is 7.40. The molecule has 1 aromatic carbocycles. The van der Waals surface area contributed by atoms with Gasteiger partial charge in [0.2, 0.25) is 5.88 Å². The van der Waals surface area contributed by atoms with Gasteiger partial charge in [0, 0.05) is 4.88 Å². The standard InChI is InChI=1S/C19H20N2O2S/c1-11(22)13-6-5-7-14(10-13)23-18-17-15-8-3-4-9-16(15)24-19(17)21-12(2)20-18/h5-7,10-11,22H,3-4,8-9H2,1-2H3/t11-/m0/s1. The van der Waals surface area contributed by atoms with Crippen LogP contribution in [0.5, 0.6) is 11.6 Å². The first-order valence-electron chi connectivity index (χ1n) is 8.36. The highest BCUT2D eigenvalue weighted by atomic mass is 32.1. The van der Waals surface area contributed by atoms with Crippen LogP contribution in [0.3, 0.4) is 0 Å². The molecule has 0 unspecified atom stereocenters. The number of fused-ring (bicyclic) bond motifs is 3. The zero-order valence-corrected chi connectivity index (χ0v) is 14.7. The van der Waals surface area contributed by atoms with Crippen LogP contribution < -0.4 is 4.74 Å². The van der Waals surface area contributed by atoms with E-state index in [1.807, 2.05) is 31.2 Å². The van der Waals surface area contributed by atoms with Crippen LogP contribution in [0, 0.1) is 6.92 Å². The SMILES string of the molecule is Cc1nc(Oc2cccc([C@H](C)O)c2)c2c3c(sc2n1)CCCC3. The average molecular weight is 340 g/mol. The Bertz CT molecular complexity index is 902. The molecule has 0 aliphatic heterocycles. The highest BCUT2D eigenvalue weighted by Gasteiger charge is 2.21. The van der Waals surface area contributed by atoms with Crippen molar-refractivity contribution in [1.29, 1.82) is 0 Å². The zero-order chi connectivity index (χ0) is 16.7. The molecular weight excluding hydrogens is 320 g/mol. The van der Waals surface area contributed by atoms with E-state index in [-0.39, 0.29) is 0 Å². The molecule has 3 aromatic rings. The minimum absolute atomic E-state index is 0.519. The number of aliphatic hydroxyl groups is 1. The lowest BCUT2D eigenvalue weighted by Crippen LogP contribution is -2.00. The number of hydrogen-bond acceptors (Lipinski definition) is 5. The summed E-state index contributed by atoms with van der Waals surface area (Å²) in [5, 5.41) is 10.8. The van der Waals surface area contributed by atoms with Crippen LogP contribution in [0.1, 0.15) is 47.7 Å². The van der Waals surface area contributed by atoms with Gasteiger partial charge in [-0.2, -0.15) is 4.98 Å². The number of benzene rings is 1. The largest absolute Gasteiger partial charge is 0.438 e. The first-order valence-corrected chi connectivity index (χ1v) is 9.18. The molecule has 0 radical (unpaired) electrons. The number of aliphatic hydroxyl groups excluding tert-OH is 1. The molecule has 2 heterocycles. The summed E-state index contributed by atoms with van der Waals surface area (Å²) in [6.45, 7) is 3.65. The summed E-state index contributed by atoms with van der Waals surface area (Å²) in [5.74, 6) is 2.06. The Morgan fingerprint density at radius 1 is 1.21 bits per heavy atom. The molecule has 0 spiro atoms. The number of hydrogen-bond donors (Lipinski definition) is 1. The molecule has 1 atom stereocenters. The van der Waals surface area contributed by atoms with Crippen molar-refractivity contribution in [2.24, 2.45) is 0 Å². The summed E-state index contributed by atoms with van der Waals surface area (Å²) >= 11 is 1.78. The van der Waals surface area contributed by atoms with Crippen molar-refractivity contribution in [3.8, 4) is 11.6 Å². The van der Waals surface area contributed by atoms with Crippen molar-refractivity contribution in [3.63, 3.8) is 0 Å². The summed E-state index contributed by atoms with van der Waals surface area (Å²) in [6.07, 6.45) is 4.15. The normalized spacial score (nSPS) is 15.3. The van der Waals surface area contributed by atoms with Gasteiger partial charge in [-0.15, -0.1) is 11.3 Å². The van der Waals surface area contributed by atoms with Crippen molar-refractivity contribution in [2.45, 2.75) is 45.6 Å². The van der Waals surface area contributed by atoms with E-state index in [1.165, 1.54) is 23.3 Å². The predicted octanol–water partition coefficient (Wildman–Crippen LogP) is 4.72. The number of thiophene rings is 1. The van der Waals surface area contributed by atoms with Crippen LogP contribution >= 0.6 is 11.3 Å². The lowest BCUT2D eigenvalue weighted by molar-refractivity contribution is 0.199. The Hall–Kier alpha value is -1.98. The van der Waals surface area contributed by atoms with Crippen molar-refractivity contribution >= 4 is 21.6 Å². The molecule has 0 fully saturated rings. The van der Waals surface area contributed by atoms with Crippen LogP contribution in [0.15, 0.2) is 24.3 Å². The van der Waals surface area contributed by atoms with E-state index in [4.69, 9.17) is 4.74 Å². The number of nitrogens with zero attached hydrogens (tertiary/aromatic N) is 2. The summed E-state index contributed by atoms with van der Waals surface area (Å²) in [7, 11) is 0. The molecular formula is C19H20N2O2S. The first kappa shape index (κ1) is 15.5.